The summed E-state index contributed by atoms with van der Waals surface area (Å²) < 4.78 is 1.98. The highest BCUT2D eigenvalue weighted by Gasteiger charge is 2.43. The standard InChI is InChI=1S/C34H39ClN4/c1-10-31(38(8)24(4)5)34(22-36,32-21-37-26(7)39(32)9)28-18-16-25(6)30(20-28)33(35)29(23(2)3)19-17-27-14-12-11-13-15-27/h10-16,18,20-21H,2,4,17,19H2,1,3,5-9H3/b31-10-,33-29+. The molecule has 5 heteroatoms. The number of rotatable bonds is 10. The Kier molecular flexibility index (Phi) is 9.43. The summed E-state index contributed by atoms with van der Waals surface area (Å²) in [4.78, 5) is 6.53. The molecule has 0 saturated heterocycles. The Hall–Kier alpha value is -3.81. The molecule has 0 aliphatic rings. The zero-order valence-corrected chi connectivity index (χ0v) is 25.0. The van der Waals surface area contributed by atoms with Crippen LogP contribution in [0.5, 0.6) is 0 Å². The van der Waals surface area contributed by atoms with Crippen molar-refractivity contribution in [1.29, 1.82) is 5.26 Å². The maximum Gasteiger partial charge on any atom is 0.163 e. The van der Waals surface area contributed by atoms with Crippen molar-refractivity contribution < 1.29 is 0 Å². The van der Waals surface area contributed by atoms with Gasteiger partial charge in [-0.3, -0.25) is 0 Å². The van der Waals surface area contributed by atoms with Crippen molar-refractivity contribution in [2.45, 2.75) is 52.9 Å². The Balaban J connectivity index is 2.28. The molecule has 1 atom stereocenters. The average Bonchev–Trinajstić information content (AvgIpc) is 3.25. The first-order valence-electron chi connectivity index (χ1n) is 13.2. The Morgan fingerprint density at radius 1 is 1.15 bits per heavy atom. The number of hydrogen-bond donors (Lipinski definition) is 0. The van der Waals surface area contributed by atoms with Gasteiger partial charge in [0, 0.05) is 25.5 Å². The number of hydrogen-bond acceptors (Lipinski definition) is 3. The lowest BCUT2D eigenvalue weighted by Gasteiger charge is -2.37. The SMILES string of the molecule is C=C(C)/C(CCc1ccccc1)=C(/Cl)c1cc(C(C#N)(/C(=C/C)N(C)C(=C)C)c2cnc(C)n2C)ccc1C. The average molecular weight is 539 g/mol. The Bertz CT molecular complexity index is 1480. The minimum absolute atomic E-state index is 0.668. The van der Waals surface area contributed by atoms with E-state index in [-0.39, 0.29) is 0 Å². The number of benzene rings is 2. The van der Waals surface area contributed by atoms with Gasteiger partial charge in [0.2, 0.25) is 0 Å². The molecule has 3 aromatic rings. The van der Waals surface area contributed by atoms with Crippen molar-refractivity contribution in [2.75, 3.05) is 7.05 Å². The molecule has 202 valence electrons. The third kappa shape index (κ3) is 5.79. The summed E-state index contributed by atoms with van der Waals surface area (Å²) >= 11 is 7.19. The van der Waals surface area contributed by atoms with E-state index in [2.05, 4.69) is 54.5 Å². The van der Waals surface area contributed by atoms with E-state index in [1.165, 1.54) is 5.56 Å². The Labute approximate surface area is 239 Å². The van der Waals surface area contributed by atoms with Crippen LogP contribution in [0.15, 0.2) is 96.5 Å². The molecule has 0 aliphatic heterocycles. The summed E-state index contributed by atoms with van der Waals surface area (Å²) in [6.45, 7) is 18.3. The largest absolute Gasteiger partial charge is 0.351 e. The number of aromatic nitrogens is 2. The van der Waals surface area contributed by atoms with Crippen molar-refractivity contribution in [3.05, 3.63) is 130 Å². The first-order chi connectivity index (χ1) is 18.5. The zero-order chi connectivity index (χ0) is 28.9. The number of nitrogens with zero attached hydrogens (tertiary/aromatic N) is 4. The van der Waals surface area contributed by atoms with Gasteiger partial charge in [0.15, 0.2) is 5.41 Å². The van der Waals surface area contributed by atoms with Crippen molar-refractivity contribution in [3.63, 3.8) is 0 Å². The number of halogens is 1. The van der Waals surface area contributed by atoms with Crippen molar-refractivity contribution in [2.24, 2.45) is 7.05 Å². The van der Waals surface area contributed by atoms with Crippen LogP contribution in [0.3, 0.4) is 0 Å². The summed E-state index contributed by atoms with van der Waals surface area (Å²) in [6.07, 6.45) is 5.41. The Morgan fingerprint density at radius 3 is 2.33 bits per heavy atom. The highest BCUT2D eigenvalue weighted by atomic mass is 35.5. The topological polar surface area (TPSA) is 44.9 Å². The maximum absolute atomic E-state index is 11.0. The van der Waals surface area contributed by atoms with Gasteiger partial charge in [-0.05, 0) is 81.4 Å². The van der Waals surface area contributed by atoms with Crippen LogP contribution >= 0.6 is 11.6 Å². The van der Waals surface area contributed by atoms with E-state index in [0.717, 1.165) is 63.6 Å². The fourth-order valence-corrected chi connectivity index (χ4v) is 5.46. The van der Waals surface area contributed by atoms with E-state index in [0.29, 0.717) is 5.03 Å². The summed E-state index contributed by atoms with van der Waals surface area (Å²) in [6, 6.07) is 19.2. The van der Waals surface area contributed by atoms with Crippen LogP contribution in [-0.4, -0.2) is 21.5 Å². The lowest BCUT2D eigenvalue weighted by atomic mass is 9.74. The zero-order valence-electron chi connectivity index (χ0n) is 24.3. The number of likely N-dealkylation sites (N-methyl/N-ethyl adjacent to an activating group) is 1. The number of imidazole rings is 1. The lowest BCUT2D eigenvalue weighted by Crippen LogP contribution is -2.38. The molecule has 0 saturated carbocycles. The van der Waals surface area contributed by atoms with Crippen LogP contribution in [0.1, 0.15) is 61.0 Å². The van der Waals surface area contributed by atoms with Gasteiger partial charge in [-0.1, -0.05) is 78.9 Å². The van der Waals surface area contributed by atoms with Gasteiger partial charge >= 0.3 is 0 Å². The van der Waals surface area contributed by atoms with Crippen molar-refractivity contribution >= 4 is 16.6 Å². The van der Waals surface area contributed by atoms with Gasteiger partial charge < -0.3 is 9.47 Å². The normalized spacial score (nSPS) is 13.8. The van der Waals surface area contributed by atoms with Crippen LogP contribution in [-0.2, 0) is 18.9 Å². The smallest absolute Gasteiger partial charge is 0.163 e. The highest BCUT2D eigenvalue weighted by Crippen LogP contribution is 2.43. The van der Waals surface area contributed by atoms with E-state index < -0.39 is 5.41 Å². The molecular formula is C34H39ClN4. The quantitative estimate of drug-likeness (QED) is 0.243. The summed E-state index contributed by atoms with van der Waals surface area (Å²) in [5, 5.41) is 11.7. The number of nitriles is 1. The molecule has 1 heterocycles. The number of allylic oxidation sites excluding steroid dienone is 5. The third-order valence-corrected chi connectivity index (χ3v) is 7.99. The second-order valence-corrected chi connectivity index (χ2v) is 10.5. The molecule has 39 heavy (non-hydrogen) atoms. The lowest BCUT2D eigenvalue weighted by molar-refractivity contribution is 0.447. The monoisotopic (exact) mass is 538 g/mol. The van der Waals surface area contributed by atoms with E-state index in [1.807, 2.05) is 82.5 Å². The molecule has 1 aromatic heterocycles. The van der Waals surface area contributed by atoms with Crippen LogP contribution in [0.4, 0.5) is 0 Å². The van der Waals surface area contributed by atoms with E-state index in [1.54, 1.807) is 6.20 Å². The van der Waals surface area contributed by atoms with Crippen LogP contribution in [0.25, 0.3) is 5.03 Å². The van der Waals surface area contributed by atoms with Gasteiger partial charge in [-0.2, -0.15) is 5.26 Å². The third-order valence-electron chi connectivity index (χ3n) is 7.56. The Morgan fingerprint density at radius 2 is 1.82 bits per heavy atom. The van der Waals surface area contributed by atoms with Crippen LogP contribution in [0, 0.1) is 25.2 Å². The fraction of sp³-hybridized carbons (Fsp3) is 0.294. The first kappa shape index (κ1) is 29.7. The highest BCUT2D eigenvalue weighted by molar-refractivity contribution is 6.49. The molecule has 0 radical (unpaired) electrons. The molecule has 0 N–H and O–H groups in total. The maximum atomic E-state index is 11.0. The summed E-state index contributed by atoms with van der Waals surface area (Å²) in [5.41, 5.74) is 7.22. The summed E-state index contributed by atoms with van der Waals surface area (Å²) in [5.74, 6) is 0.828. The molecule has 1 unspecified atom stereocenters. The van der Waals surface area contributed by atoms with Gasteiger partial charge in [-0.15, -0.1) is 0 Å². The molecule has 0 spiro atoms. The fourth-order valence-electron chi connectivity index (χ4n) is 5.00. The van der Waals surface area contributed by atoms with Crippen molar-refractivity contribution in [3.8, 4) is 6.07 Å². The van der Waals surface area contributed by atoms with Crippen LogP contribution < -0.4 is 0 Å². The number of aryl methyl sites for hydroxylation is 3. The van der Waals surface area contributed by atoms with Gasteiger partial charge in [0.25, 0.3) is 0 Å². The van der Waals surface area contributed by atoms with Gasteiger partial charge in [0.05, 0.1) is 23.0 Å². The van der Waals surface area contributed by atoms with E-state index in [4.69, 9.17) is 11.6 Å². The molecule has 4 nitrogen and oxygen atoms in total. The molecular weight excluding hydrogens is 500 g/mol. The minimum atomic E-state index is -1.15. The van der Waals surface area contributed by atoms with Crippen LogP contribution in [0.2, 0.25) is 0 Å². The minimum Gasteiger partial charge on any atom is -0.351 e. The van der Waals surface area contributed by atoms with E-state index in [9.17, 15) is 5.26 Å². The van der Waals surface area contributed by atoms with Gasteiger partial charge in [0.1, 0.15) is 5.82 Å². The van der Waals surface area contributed by atoms with Crippen molar-refractivity contribution in [1.82, 2.24) is 14.5 Å². The molecule has 0 fully saturated rings. The summed E-state index contributed by atoms with van der Waals surface area (Å²) in [7, 11) is 3.89. The second-order valence-electron chi connectivity index (χ2n) is 10.2. The first-order valence-corrected chi connectivity index (χ1v) is 13.5. The predicted molar refractivity (Wildman–Crippen MR) is 164 cm³/mol. The predicted octanol–water partition coefficient (Wildman–Crippen LogP) is 8.37. The second kappa shape index (κ2) is 12.4. The molecule has 0 amide bonds. The van der Waals surface area contributed by atoms with Gasteiger partial charge in [-0.25, -0.2) is 4.98 Å². The molecule has 2 aromatic carbocycles. The molecule has 0 aliphatic carbocycles. The molecule has 3 rings (SSSR count). The molecule has 0 bridgehead atoms. The van der Waals surface area contributed by atoms with E-state index >= 15 is 0 Å².